The van der Waals surface area contributed by atoms with E-state index in [1.54, 1.807) is 35.1 Å². The average Bonchev–Trinajstić information content (AvgIpc) is 3.43. The molecule has 1 atom stereocenters. The van der Waals surface area contributed by atoms with Gasteiger partial charge in [0.25, 0.3) is 5.91 Å². The van der Waals surface area contributed by atoms with Gasteiger partial charge in [-0.25, -0.2) is 8.78 Å². The van der Waals surface area contributed by atoms with E-state index in [4.69, 9.17) is 9.47 Å². The molecular formula is C23H23F2N3O3. The maximum atomic E-state index is 13.2. The molecule has 1 fully saturated rings. The number of nitrogens with zero attached hydrogens (tertiary/aromatic N) is 2. The van der Waals surface area contributed by atoms with Crippen LogP contribution < -0.4 is 10.1 Å². The number of amides is 1. The Morgan fingerprint density at radius 3 is 2.42 bits per heavy atom. The van der Waals surface area contributed by atoms with Crippen LogP contribution in [-0.4, -0.2) is 34.9 Å². The first-order chi connectivity index (χ1) is 15.1. The van der Waals surface area contributed by atoms with E-state index in [-0.39, 0.29) is 36.1 Å². The van der Waals surface area contributed by atoms with E-state index in [0.29, 0.717) is 25.3 Å². The minimum Gasteiger partial charge on any atom is -0.471 e. The lowest BCUT2D eigenvalue weighted by Gasteiger charge is -2.11. The summed E-state index contributed by atoms with van der Waals surface area (Å²) in [5, 5.41) is 7.27. The summed E-state index contributed by atoms with van der Waals surface area (Å²) in [6.07, 6.45) is 3.52. The van der Waals surface area contributed by atoms with Gasteiger partial charge in [-0.2, -0.15) is 0 Å². The summed E-state index contributed by atoms with van der Waals surface area (Å²) in [6, 6.07) is 12.0. The summed E-state index contributed by atoms with van der Waals surface area (Å²) in [4.78, 5) is 12.8. The predicted octanol–water partition coefficient (Wildman–Crippen LogP) is 3.70. The normalized spacial score (nSPS) is 15.7. The number of aromatic nitrogens is 2. The molecule has 1 aliphatic rings. The highest BCUT2D eigenvalue weighted by atomic mass is 19.1. The SMILES string of the molecule is O=C(NC[C@H]1CCCO1)c1cn(Cc2ccc(F)cc2)nc1OCc1ccc(F)cc1. The van der Waals surface area contributed by atoms with Crippen molar-refractivity contribution in [1.29, 1.82) is 0 Å². The summed E-state index contributed by atoms with van der Waals surface area (Å²) in [7, 11) is 0. The van der Waals surface area contributed by atoms with E-state index >= 15 is 0 Å². The van der Waals surface area contributed by atoms with Gasteiger partial charge in [-0.15, -0.1) is 5.10 Å². The van der Waals surface area contributed by atoms with Gasteiger partial charge in [0.2, 0.25) is 5.88 Å². The van der Waals surface area contributed by atoms with Crippen LogP contribution >= 0.6 is 0 Å². The molecule has 2 aromatic carbocycles. The fraction of sp³-hybridized carbons (Fsp3) is 0.304. The van der Waals surface area contributed by atoms with Crippen molar-refractivity contribution in [3.8, 4) is 5.88 Å². The second kappa shape index (κ2) is 9.70. The van der Waals surface area contributed by atoms with E-state index in [1.165, 1.54) is 24.3 Å². The molecule has 1 amide bonds. The number of ether oxygens (including phenoxy) is 2. The van der Waals surface area contributed by atoms with Gasteiger partial charge >= 0.3 is 0 Å². The lowest BCUT2D eigenvalue weighted by atomic mass is 10.2. The highest BCUT2D eigenvalue weighted by molar-refractivity contribution is 5.96. The topological polar surface area (TPSA) is 65.4 Å². The first kappa shape index (κ1) is 21.0. The number of rotatable bonds is 8. The molecule has 0 saturated carbocycles. The largest absolute Gasteiger partial charge is 0.471 e. The average molecular weight is 427 g/mol. The number of hydrogen-bond acceptors (Lipinski definition) is 4. The lowest BCUT2D eigenvalue weighted by molar-refractivity contribution is 0.0854. The Balaban J connectivity index is 1.49. The third-order valence-corrected chi connectivity index (χ3v) is 5.03. The van der Waals surface area contributed by atoms with Crippen LogP contribution in [0.25, 0.3) is 0 Å². The van der Waals surface area contributed by atoms with Crippen LogP contribution in [0.5, 0.6) is 5.88 Å². The number of benzene rings is 2. The summed E-state index contributed by atoms with van der Waals surface area (Å²) in [5.41, 5.74) is 1.88. The third kappa shape index (κ3) is 5.67. The van der Waals surface area contributed by atoms with Crippen LogP contribution in [0.3, 0.4) is 0 Å². The number of halogens is 2. The Kier molecular flexibility index (Phi) is 6.57. The van der Waals surface area contributed by atoms with Crippen LogP contribution in [0.2, 0.25) is 0 Å². The highest BCUT2D eigenvalue weighted by Crippen LogP contribution is 2.20. The van der Waals surface area contributed by atoms with Crippen molar-refractivity contribution in [3.05, 3.63) is 83.1 Å². The monoisotopic (exact) mass is 427 g/mol. The maximum Gasteiger partial charge on any atom is 0.258 e. The molecular weight excluding hydrogens is 404 g/mol. The lowest BCUT2D eigenvalue weighted by Crippen LogP contribution is -2.31. The first-order valence-corrected chi connectivity index (χ1v) is 10.2. The minimum atomic E-state index is -0.332. The van der Waals surface area contributed by atoms with Crippen LogP contribution in [-0.2, 0) is 17.9 Å². The van der Waals surface area contributed by atoms with E-state index in [1.807, 2.05) is 0 Å². The van der Waals surface area contributed by atoms with Crippen LogP contribution in [0.1, 0.15) is 34.3 Å². The van der Waals surface area contributed by atoms with Gasteiger partial charge in [0, 0.05) is 19.3 Å². The Hall–Kier alpha value is -3.26. The first-order valence-electron chi connectivity index (χ1n) is 10.2. The van der Waals surface area contributed by atoms with E-state index in [2.05, 4.69) is 10.4 Å². The predicted molar refractivity (Wildman–Crippen MR) is 110 cm³/mol. The highest BCUT2D eigenvalue weighted by Gasteiger charge is 2.21. The van der Waals surface area contributed by atoms with Gasteiger partial charge in [-0.05, 0) is 48.2 Å². The zero-order chi connectivity index (χ0) is 21.6. The molecule has 1 aromatic heterocycles. The standard InChI is InChI=1S/C23H23F2N3O3/c24-18-7-3-16(4-8-18)13-28-14-21(22(29)26-12-20-2-1-11-30-20)23(27-28)31-15-17-5-9-19(25)10-6-17/h3-10,14,20H,1-2,11-13,15H2,(H,26,29)/t20-/m1/s1. The van der Waals surface area contributed by atoms with Crippen molar-refractivity contribution < 1.29 is 23.0 Å². The molecule has 0 spiro atoms. The van der Waals surface area contributed by atoms with Gasteiger partial charge in [-0.3, -0.25) is 9.48 Å². The van der Waals surface area contributed by atoms with Crippen molar-refractivity contribution >= 4 is 5.91 Å². The zero-order valence-corrected chi connectivity index (χ0v) is 16.9. The molecule has 1 aliphatic heterocycles. The second-order valence-electron chi connectivity index (χ2n) is 7.43. The molecule has 0 bridgehead atoms. The molecule has 2 heterocycles. The van der Waals surface area contributed by atoms with Crippen molar-refractivity contribution in [2.45, 2.75) is 32.1 Å². The molecule has 8 heteroatoms. The molecule has 0 radical (unpaired) electrons. The summed E-state index contributed by atoms with van der Waals surface area (Å²) >= 11 is 0. The van der Waals surface area contributed by atoms with Crippen molar-refractivity contribution in [2.24, 2.45) is 0 Å². The molecule has 4 rings (SSSR count). The number of nitrogens with one attached hydrogen (secondary N) is 1. The quantitative estimate of drug-likeness (QED) is 0.596. The number of hydrogen-bond donors (Lipinski definition) is 1. The van der Waals surface area contributed by atoms with E-state index in [0.717, 1.165) is 24.0 Å². The Labute approximate surface area is 178 Å². The fourth-order valence-corrected chi connectivity index (χ4v) is 3.36. The smallest absolute Gasteiger partial charge is 0.258 e. The number of carbonyl (C=O) groups excluding carboxylic acids is 1. The molecule has 162 valence electrons. The molecule has 6 nitrogen and oxygen atoms in total. The van der Waals surface area contributed by atoms with Crippen molar-refractivity contribution in [3.63, 3.8) is 0 Å². The van der Waals surface area contributed by atoms with E-state index < -0.39 is 0 Å². The zero-order valence-electron chi connectivity index (χ0n) is 16.9. The summed E-state index contributed by atoms with van der Waals surface area (Å²) in [6.45, 7) is 1.62. The summed E-state index contributed by atoms with van der Waals surface area (Å²) < 4.78 is 39.2. The maximum absolute atomic E-state index is 13.2. The Morgan fingerprint density at radius 2 is 1.77 bits per heavy atom. The molecule has 1 N–H and O–H groups in total. The van der Waals surface area contributed by atoms with Gasteiger partial charge in [0.05, 0.1) is 12.6 Å². The number of carbonyl (C=O) groups is 1. The molecule has 3 aromatic rings. The fourth-order valence-electron chi connectivity index (χ4n) is 3.36. The summed E-state index contributed by atoms with van der Waals surface area (Å²) in [5.74, 6) is -0.783. The third-order valence-electron chi connectivity index (χ3n) is 5.03. The van der Waals surface area contributed by atoms with Crippen LogP contribution in [0, 0.1) is 11.6 Å². The van der Waals surface area contributed by atoms with E-state index in [9.17, 15) is 13.6 Å². The van der Waals surface area contributed by atoms with Gasteiger partial charge < -0.3 is 14.8 Å². The van der Waals surface area contributed by atoms with Gasteiger partial charge in [-0.1, -0.05) is 24.3 Å². The van der Waals surface area contributed by atoms with Crippen molar-refractivity contribution in [2.75, 3.05) is 13.2 Å². The Morgan fingerprint density at radius 1 is 1.10 bits per heavy atom. The van der Waals surface area contributed by atoms with Gasteiger partial charge in [0.15, 0.2) is 0 Å². The molecule has 0 aliphatic carbocycles. The molecule has 31 heavy (non-hydrogen) atoms. The van der Waals surface area contributed by atoms with Gasteiger partial charge in [0.1, 0.15) is 23.8 Å². The molecule has 1 saturated heterocycles. The van der Waals surface area contributed by atoms with Crippen molar-refractivity contribution in [1.82, 2.24) is 15.1 Å². The molecule has 0 unspecified atom stereocenters. The second-order valence-corrected chi connectivity index (χ2v) is 7.43. The van der Waals surface area contributed by atoms with Crippen LogP contribution in [0.15, 0.2) is 54.7 Å². The minimum absolute atomic E-state index is 0.0155. The van der Waals surface area contributed by atoms with Crippen LogP contribution in [0.4, 0.5) is 8.78 Å². The Bertz CT molecular complexity index is 1010.